The van der Waals surface area contributed by atoms with Crippen LogP contribution in [-0.2, 0) is 25.7 Å². The highest BCUT2D eigenvalue weighted by Gasteiger charge is 2.23. The number of unbranched alkanes of at least 4 members (excludes halogenated alkanes) is 1. The highest BCUT2D eigenvalue weighted by molar-refractivity contribution is 5.98. The predicted molar refractivity (Wildman–Crippen MR) is 171 cm³/mol. The van der Waals surface area contributed by atoms with Crippen molar-refractivity contribution in [1.29, 1.82) is 0 Å². The Morgan fingerprint density at radius 3 is 2.40 bits per heavy atom. The van der Waals surface area contributed by atoms with Gasteiger partial charge in [0.1, 0.15) is 12.6 Å². The maximum Gasteiger partial charge on any atom is 0.302 e. The molecule has 18 heteroatoms. The van der Waals surface area contributed by atoms with Crippen LogP contribution in [0.25, 0.3) is 11.2 Å². The Morgan fingerprint density at radius 2 is 1.72 bits per heavy atom. The molecule has 47 heavy (non-hydrogen) atoms. The van der Waals surface area contributed by atoms with E-state index in [0.717, 1.165) is 0 Å². The summed E-state index contributed by atoms with van der Waals surface area (Å²) in [5.41, 5.74) is 11.9. The van der Waals surface area contributed by atoms with E-state index in [1.807, 2.05) is 0 Å². The number of fused-ring (bicyclic) bond motifs is 1. The van der Waals surface area contributed by atoms with E-state index in [9.17, 15) is 33.9 Å². The molecule has 0 unspecified atom stereocenters. The molecule has 3 aromatic rings. The Bertz CT molecular complexity index is 1630. The molecule has 3 rings (SSSR count). The Kier molecular flexibility index (Phi) is 13.7. The molecule has 1 aromatic carbocycles. The Balaban J connectivity index is 1.49. The van der Waals surface area contributed by atoms with E-state index < -0.39 is 54.3 Å². The van der Waals surface area contributed by atoms with Crippen LogP contribution in [-0.4, -0.2) is 93.3 Å². The molecule has 0 saturated heterocycles. The average molecular weight is 654 g/mol. The second kappa shape index (κ2) is 17.9. The van der Waals surface area contributed by atoms with Crippen LogP contribution in [0.1, 0.15) is 48.2 Å². The van der Waals surface area contributed by atoms with Crippen molar-refractivity contribution in [3.63, 3.8) is 0 Å². The summed E-state index contributed by atoms with van der Waals surface area (Å²) in [6.07, 6.45) is 2.82. The fourth-order valence-corrected chi connectivity index (χ4v) is 4.38. The van der Waals surface area contributed by atoms with Crippen LogP contribution in [0.4, 0.5) is 11.6 Å². The minimum absolute atomic E-state index is 0.0428. The van der Waals surface area contributed by atoms with Crippen molar-refractivity contribution in [3.05, 3.63) is 52.1 Å². The van der Waals surface area contributed by atoms with E-state index in [1.165, 1.54) is 25.4 Å². The average Bonchev–Trinajstić information content (AvgIpc) is 3.07. The number of nitrogens with zero attached hydrogens (tertiary/aromatic N) is 3. The van der Waals surface area contributed by atoms with E-state index in [0.29, 0.717) is 37.2 Å². The zero-order chi connectivity index (χ0) is 34.3. The maximum absolute atomic E-state index is 12.9. The summed E-state index contributed by atoms with van der Waals surface area (Å²) in [5, 5.41) is 22.5. The largest absolute Gasteiger partial charge is 0.389 e. The molecule has 2 atom stereocenters. The molecular formula is C29H39N11O7. The highest BCUT2D eigenvalue weighted by atomic mass is 16.3. The van der Waals surface area contributed by atoms with Gasteiger partial charge in [0.25, 0.3) is 5.91 Å². The summed E-state index contributed by atoms with van der Waals surface area (Å²) in [5.74, 6) is -2.87. The molecule has 0 spiro atoms. The third-order valence-corrected chi connectivity index (χ3v) is 6.92. The fourth-order valence-electron chi connectivity index (χ4n) is 4.38. The zero-order valence-electron chi connectivity index (χ0n) is 25.8. The molecule has 0 bridgehead atoms. The van der Waals surface area contributed by atoms with Crippen LogP contribution >= 0.6 is 0 Å². The van der Waals surface area contributed by atoms with E-state index in [4.69, 9.17) is 11.5 Å². The van der Waals surface area contributed by atoms with Gasteiger partial charge in [-0.2, -0.15) is 4.98 Å². The van der Waals surface area contributed by atoms with Crippen molar-refractivity contribution in [1.82, 2.24) is 41.2 Å². The molecule has 0 aliphatic rings. The van der Waals surface area contributed by atoms with Crippen LogP contribution < -0.4 is 43.6 Å². The topological polar surface area (TPSA) is 289 Å². The van der Waals surface area contributed by atoms with Gasteiger partial charge < -0.3 is 48.1 Å². The number of Topliss-reactive ketones (excluding diaryl/α,β-unsaturated/α-hetero) is 1. The molecule has 11 N–H and O–H groups in total. The summed E-state index contributed by atoms with van der Waals surface area (Å²) in [4.78, 5) is 88.6. The first kappa shape index (κ1) is 36.0. The minimum Gasteiger partial charge on any atom is -0.389 e. The molecule has 0 radical (unpaired) electrons. The molecule has 18 nitrogen and oxygen atoms in total. The Labute approximate surface area is 268 Å². The zero-order valence-corrected chi connectivity index (χ0v) is 25.8. The lowest BCUT2D eigenvalue weighted by Crippen LogP contribution is -2.49. The fraction of sp³-hybridized carbons (Fsp3) is 0.414. The number of aromatic amines is 1. The molecule has 4 amide bonds. The lowest BCUT2D eigenvalue weighted by Gasteiger charge is -2.18. The number of hydrogen-bond acceptors (Lipinski definition) is 13. The number of anilines is 2. The van der Waals surface area contributed by atoms with Crippen LogP contribution in [0.3, 0.4) is 0 Å². The van der Waals surface area contributed by atoms with Crippen LogP contribution in [0.15, 0.2) is 35.3 Å². The van der Waals surface area contributed by atoms with Gasteiger partial charge in [-0.15, -0.1) is 0 Å². The van der Waals surface area contributed by atoms with Gasteiger partial charge in [-0.1, -0.05) is 0 Å². The van der Waals surface area contributed by atoms with E-state index >= 15 is 0 Å². The van der Waals surface area contributed by atoms with E-state index in [2.05, 4.69) is 46.5 Å². The van der Waals surface area contributed by atoms with Crippen LogP contribution in [0, 0.1) is 0 Å². The molecule has 2 aromatic heterocycles. The van der Waals surface area contributed by atoms with Gasteiger partial charge in [0.05, 0.1) is 31.0 Å². The van der Waals surface area contributed by atoms with Crippen LogP contribution in [0.2, 0.25) is 0 Å². The third kappa shape index (κ3) is 11.1. The molecule has 0 fully saturated rings. The number of aliphatic hydroxyl groups excluding tert-OH is 1. The standard InChI is InChI=1S/C29H39N11O7/c1-32-27(46)20(4-2-3-11-30)37-23(44)14-34-22(43)10-9-19(21(42)15-41)38-26(45)16-5-7-17(8-6-16)33-12-18-13-35-25-24(36-18)28(47)40-29(31)39-25/h5-8,13,19-20,33,41H,2-4,9-12,14-15,30H2,1H3,(H,32,46)(H,34,43)(H,37,44)(H,38,45)(H3,31,35,39,40,47)/t19-,20-/m0/s1. The quantitative estimate of drug-likeness (QED) is 0.0661. The SMILES string of the molecule is CNC(=O)[C@H](CCCCN)NC(=O)CNC(=O)CC[C@H](NC(=O)c1ccc(NCc2cnc3[nH]c(N)nc(=O)c3n2)cc1)C(=O)CO. The lowest BCUT2D eigenvalue weighted by atomic mass is 10.1. The van der Waals surface area contributed by atoms with Gasteiger partial charge in [0, 0.05) is 24.7 Å². The number of carbonyl (C=O) groups excluding carboxylic acids is 5. The number of aliphatic hydroxyl groups is 1. The minimum atomic E-state index is -1.16. The lowest BCUT2D eigenvalue weighted by molar-refractivity contribution is -0.129. The normalized spacial score (nSPS) is 12.1. The molecular weight excluding hydrogens is 614 g/mol. The molecule has 252 valence electrons. The van der Waals surface area contributed by atoms with Gasteiger partial charge >= 0.3 is 5.56 Å². The number of benzene rings is 1. The molecule has 0 aliphatic heterocycles. The Hall–Kier alpha value is -5.49. The van der Waals surface area contributed by atoms with E-state index in [1.54, 1.807) is 12.1 Å². The number of nitrogens with one attached hydrogen (secondary N) is 6. The van der Waals surface area contributed by atoms with Gasteiger partial charge in [-0.25, -0.2) is 9.97 Å². The maximum atomic E-state index is 12.9. The smallest absolute Gasteiger partial charge is 0.302 e. The number of H-pyrrole nitrogens is 1. The van der Waals surface area contributed by atoms with Gasteiger partial charge in [-0.05, 0) is 56.5 Å². The first-order valence-electron chi connectivity index (χ1n) is 14.8. The monoisotopic (exact) mass is 653 g/mol. The number of amides is 4. The number of aromatic nitrogens is 4. The summed E-state index contributed by atoms with van der Waals surface area (Å²) < 4.78 is 0. The molecule has 2 heterocycles. The number of likely N-dealkylation sites (N-methyl/N-ethyl adjacent to an activating group) is 1. The summed E-state index contributed by atoms with van der Waals surface area (Å²) in [6, 6.07) is 4.32. The number of ketones is 1. The van der Waals surface area contributed by atoms with Crippen LogP contribution in [0.5, 0.6) is 0 Å². The van der Waals surface area contributed by atoms with Crippen molar-refractivity contribution in [2.45, 2.75) is 50.7 Å². The predicted octanol–water partition coefficient (Wildman–Crippen LogP) is -2.18. The molecule has 0 aliphatic carbocycles. The number of carbonyl (C=O) groups is 5. The van der Waals surface area contributed by atoms with E-state index in [-0.39, 0.29) is 48.0 Å². The first-order chi connectivity index (χ1) is 22.5. The summed E-state index contributed by atoms with van der Waals surface area (Å²) in [6.45, 7) is -0.583. The highest BCUT2D eigenvalue weighted by Crippen LogP contribution is 2.12. The van der Waals surface area contributed by atoms with Crippen molar-refractivity contribution in [2.75, 3.05) is 37.8 Å². The molecule has 0 saturated carbocycles. The second-order valence-electron chi connectivity index (χ2n) is 10.4. The summed E-state index contributed by atoms with van der Waals surface area (Å²) >= 11 is 0. The Morgan fingerprint density at radius 1 is 0.979 bits per heavy atom. The number of hydrogen-bond donors (Lipinski definition) is 9. The van der Waals surface area contributed by atoms with Crippen molar-refractivity contribution >= 4 is 52.2 Å². The third-order valence-electron chi connectivity index (χ3n) is 6.92. The number of nitrogens with two attached hydrogens (primary N) is 2. The van der Waals surface area contributed by atoms with Crippen molar-refractivity contribution in [3.8, 4) is 0 Å². The summed E-state index contributed by atoms with van der Waals surface area (Å²) in [7, 11) is 1.45. The van der Waals surface area contributed by atoms with Gasteiger partial charge in [0.2, 0.25) is 23.7 Å². The van der Waals surface area contributed by atoms with Crippen molar-refractivity contribution < 1.29 is 29.1 Å². The number of nitrogen functional groups attached to an aromatic ring is 1. The second-order valence-corrected chi connectivity index (χ2v) is 10.4. The first-order valence-corrected chi connectivity index (χ1v) is 14.8. The van der Waals surface area contributed by atoms with Gasteiger partial charge in [0.15, 0.2) is 16.9 Å². The van der Waals surface area contributed by atoms with Gasteiger partial charge in [-0.3, -0.25) is 28.8 Å². The van der Waals surface area contributed by atoms with Crippen molar-refractivity contribution in [2.24, 2.45) is 5.73 Å². The number of rotatable bonds is 18.